The molecule has 1 aromatic rings. The first kappa shape index (κ1) is 17.2. The molecule has 1 aromatic carbocycles. The van der Waals surface area contributed by atoms with Crippen molar-refractivity contribution >= 4 is 21.8 Å². The summed E-state index contributed by atoms with van der Waals surface area (Å²) in [6.45, 7) is 8.95. The normalized spacial score (nSPS) is 13.3. The van der Waals surface area contributed by atoms with Crippen LogP contribution in [0.3, 0.4) is 0 Å². The van der Waals surface area contributed by atoms with Gasteiger partial charge in [0.25, 0.3) is 0 Å². The van der Waals surface area contributed by atoms with Crippen LogP contribution in [0.4, 0.5) is 0 Å². The Bertz CT molecular complexity index is 440. The summed E-state index contributed by atoms with van der Waals surface area (Å²) in [7, 11) is 0. The number of benzene rings is 1. The number of rotatable bonds is 6. The molecule has 1 rings (SSSR count). The van der Waals surface area contributed by atoms with Gasteiger partial charge in [-0.1, -0.05) is 55.8 Å². The van der Waals surface area contributed by atoms with Gasteiger partial charge < -0.3 is 11.1 Å². The maximum Gasteiger partial charge on any atom is 0.236 e. The summed E-state index contributed by atoms with van der Waals surface area (Å²) in [5.74, 6) is 0.360. The molecule has 0 saturated carbocycles. The Kier molecular flexibility index (Phi) is 6.21. The van der Waals surface area contributed by atoms with E-state index < -0.39 is 6.04 Å². The van der Waals surface area contributed by atoms with Gasteiger partial charge in [0.2, 0.25) is 5.91 Å². The number of carbonyl (C=O) groups excluding carboxylic acids is 1. The third-order valence-electron chi connectivity index (χ3n) is 3.39. The highest BCUT2D eigenvalue weighted by Gasteiger charge is 2.23. The lowest BCUT2D eigenvalue weighted by atomic mass is 9.84. The molecule has 0 saturated heterocycles. The first-order valence-electron chi connectivity index (χ1n) is 7.01. The van der Waals surface area contributed by atoms with Crippen molar-refractivity contribution in [3.63, 3.8) is 0 Å². The molecule has 0 bridgehead atoms. The minimum Gasteiger partial charge on any atom is -0.354 e. The molecule has 1 atom stereocenters. The zero-order chi connectivity index (χ0) is 15.3. The number of carbonyl (C=O) groups is 1. The first-order valence-corrected chi connectivity index (χ1v) is 7.81. The van der Waals surface area contributed by atoms with E-state index in [1.54, 1.807) is 0 Å². The average molecular weight is 341 g/mol. The topological polar surface area (TPSA) is 55.1 Å². The van der Waals surface area contributed by atoms with E-state index in [2.05, 4.69) is 61.1 Å². The maximum absolute atomic E-state index is 12.0. The van der Waals surface area contributed by atoms with Gasteiger partial charge in [0.05, 0.1) is 6.04 Å². The second kappa shape index (κ2) is 7.23. The molecule has 0 unspecified atom stereocenters. The van der Waals surface area contributed by atoms with Crippen LogP contribution in [-0.2, 0) is 10.2 Å². The molecule has 0 aromatic heterocycles. The van der Waals surface area contributed by atoms with Gasteiger partial charge in [-0.3, -0.25) is 4.79 Å². The van der Waals surface area contributed by atoms with Crippen molar-refractivity contribution in [1.82, 2.24) is 5.32 Å². The lowest BCUT2D eigenvalue weighted by molar-refractivity contribution is -0.122. The second-order valence-corrected chi connectivity index (χ2v) is 7.26. The summed E-state index contributed by atoms with van der Waals surface area (Å²) in [5, 5.41) is 2.97. The summed E-state index contributed by atoms with van der Waals surface area (Å²) < 4.78 is 1.06. The number of amides is 1. The van der Waals surface area contributed by atoms with Gasteiger partial charge >= 0.3 is 0 Å². The fourth-order valence-electron chi connectivity index (χ4n) is 2.06. The molecular weight excluding hydrogens is 316 g/mol. The minimum absolute atomic E-state index is 0.0658. The van der Waals surface area contributed by atoms with Crippen LogP contribution in [0, 0.1) is 5.92 Å². The van der Waals surface area contributed by atoms with Crippen molar-refractivity contribution in [1.29, 1.82) is 0 Å². The van der Waals surface area contributed by atoms with Crippen molar-refractivity contribution in [3.05, 3.63) is 34.3 Å². The van der Waals surface area contributed by atoms with Crippen LogP contribution < -0.4 is 11.1 Å². The first-order chi connectivity index (χ1) is 9.22. The highest BCUT2D eigenvalue weighted by molar-refractivity contribution is 9.10. The van der Waals surface area contributed by atoms with E-state index in [0.29, 0.717) is 18.9 Å². The Hall–Kier alpha value is -0.870. The average Bonchev–Trinajstić information content (AvgIpc) is 2.35. The van der Waals surface area contributed by atoms with Crippen LogP contribution in [0.1, 0.15) is 39.7 Å². The molecule has 0 fully saturated rings. The third-order valence-corrected chi connectivity index (χ3v) is 3.92. The number of nitrogens with one attached hydrogen (secondary N) is 1. The summed E-state index contributed by atoms with van der Waals surface area (Å²) in [6.07, 6.45) is 0.713. The van der Waals surface area contributed by atoms with Gasteiger partial charge in [-0.05, 0) is 30.0 Å². The molecule has 0 spiro atoms. The molecule has 20 heavy (non-hydrogen) atoms. The molecule has 3 N–H and O–H groups in total. The highest BCUT2D eigenvalue weighted by atomic mass is 79.9. The van der Waals surface area contributed by atoms with Gasteiger partial charge in [-0.15, -0.1) is 0 Å². The van der Waals surface area contributed by atoms with E-state index in [9.17, 15) is 4.79 Å². The van der Waals surface area contributed by atoms with Crippen LogP contribution in [-0.4, -0.2) is 18.5 Å². The molecule has 4 heteroatoms. The van der Waals surface area contributed by atoms with Gasteiger partial charge in [0, 0.05) is 16.4 Å². The van der Waals surface area contributed by atoms with Crippen LogP contribution >= 0.6 is 15.9 Å². The van der Waals surface area contributed by atoms with Crippen molar-refractivity contribution in [2.75, 3.05) is 6.54 Å². The second-order valence-electron chi connectivity index (χ2n) is 6.34. The van der Waals surface area contributed by atoms with E-state index >= 15 is 0 Å². The Labute approximate surface area is 130 Å². The predicted molar refractivity (Wildman–Crippen MR) is 87.6 cm³/mol. The van der Waals surface area contributed by atoms with Gasteiger partial charge in [-0.2, -0.15) is 0 Å². The fourth-order valence-corrected chi connectivity index (χ4v) is 2.32. The molecule has 1 amide bonds. The Morgan fingerprint density at radius 3 is 2.35 bits per heavy atom. The zero-order valence-electron chi connectivity index (χ0n) is 12.7. The van der Waals surface area contributed by atoms with Crippen LogP contribution in [0.15, 0.2) is 28.7 Å². The van der Waals surface area contributed by atoms with E-state index in [1.807, 2.05) is 12.1 Å². The minimum atomic E-state index is -0.421. The highest BCUT2D eigenvalue weighted by Crippen LogP contribution is 2.24. The number of hydrogen-bond donors (Lipinski definition) is 2. The Morgan fingerprint density at radius 1 is 1.30 bits per heavy atom. The maximum atomic E-state index is 12.0. The SMILES string of the molecule is CC(C)C[C@H](N)C(=O)NCC(C)(C)c1ccc(Br)cc1. The smallest absolute Gasteiger partial charge is 0.236 e. The summed E-state index contributed by atoms with van der Waals surface area (Å²) in [6, 6.07) is 7.76. The van der Waals surface area contributed by atoms with Crippen molar-refractivity contribution < 1.29 is 4.79 Å². The van der Waals surface area contributed by atoms with Crippen LogP contribution in [0.5, 0.6) is 0 Å². The van der Waals surface area contributed by atoms with Crippen LogP contribution in [0.2, 0.25) is 0 Å². The molecule has 3 nitrogen and oxygen atoms in total. The number of hydrogen-bond acceptors (Lipinski definition) is 2. The summed E-state index contributed by atoms with van der Waals surface area (Å²) >= 11 is 3.43. The molecule has 0 aliphatic heterocycles. The van der Waals surface area contributed by atoms with E-state index in [-0.39, 0.29) is 11.3 Å². The Balaban J connectivity index is 2.59. The van der Waals surface area contributed by atoms with E-state index in [4.69, 9.17) is 5.73 Å². The fraction of sp³-hybridized carbons (Fsp3) is 0.562. The third kappa shape index (κ3) is 5.25. The largest absolute Gasteiger partial charge is 0.354 e. The van der Waals surface area contributed by atoms with Gasteiger partial charge in [0.1, 0.15) is 0 Å². The molecule has 0 aliphatic carbocycles. The van der Waals surface area contributed by atoms with Crippen molar-refractivity contribution in [2.45, 2.75) is 45.6 Å². The predicted octanol–water partition coefficient (Wildman–Crippen LogP) is 3.22. The number of nitrogens with two attached hydrogens (primary N) is 1. The lowest BCUT2D eigenvalue weighted by Crippen LogP contribution is -2.45. The summed E-state index contributed by atoms with van der Waals surface area (Å²) in [5.41, 5.74) is 6.96. The standard InChI is InChI=1S/C16H25BrN2O/c1-11(2)9-14(18)15(20)19-10-16(3,4)12-5-7-13(17)8-6-12/h5-8,11,14H,9-10,18H2,1-4H3,(H,19,20)/t14-/m0/s1. The van der Waals surface area contributed by atoms with E-state index in [0.717, 1.165) is 4.47 Å². The molecule has 0 radical (unpaired) electrons. The summed E-state index contributed by atoms with van der Waals surface area (Å²) in [4.78, 5) is 12.0. The van der Waals surface area contributed by atoms with Crippen molar-refractivity contribution in [3.8, 4) is 0 Å². The van der Waals surface area contributed by atoms with Crippen molar-refractivity contribution in [2.24, 2.45) is 11.7 Å². The van der Waals surface area contributed by atoms with E-state index in [1.165, 1.54) is 5.56 Å². The molecule has 112 valence electrons. The quantitative estimate of drug-likeness (QED) is 0.835. The molecule has 0 aliphatic rings. The molecule has 0 heterocycles. The van der Waals surface area contributed by atoms with Gasteiger partial charge in [-0.25, -0.2) is 0 Å². The monoisotopic (exact) mass is 340 g/mol. The zero-order valence-corrected chi connectivity index (χ0v) is 14.3. The van der Waals surface area contributed by atoms with Gasteiger partial charge in [0.15, 0.2) is 0 Å². The molecular formula is C16H25BrN2O. The lowest BCUT2D eigenvalue weighted by Gasteiger charge is -2.26. The Morgan fingerprint density at radius 2 is 1.85 bits per heavy atom. The number of halogens is 1. The van der Waals surface area contributed by atoms with Crippen LogP contribution in [0.25, 0.3) is 0 Å².